The molecule has 0 aliphatic carbocycles. The first-order valence-corrected chi connectivity index (χ1v) is 6.40. The average Bonchev–Trinajstić information content (AvgIpc) is 2.27. The number of rotatable bonds is 8. The molecule has 0 N–H and O–H groups in total. The van der Waals surface area contributed by atoms with E-state index in [0.717, 1.165) is 36.9 Å². The summed E-state index contributed by atoms with van der Waals surface area (Å²) in [5.41, 5.74) is 0. The molecule has 0 unspecified atom stereocenters. The van der Waals surface area contributed by atoms with Gasteiger partial charge in [-0.1, -0.05) is 19.8 Å². The molecule has 0 saturated carbocycles. The summed E-state index contributed by atoms with van der Waals surface area (Å²) in [6.45, 7) is 7.36. The van der Waals surface area contributed by atoms with Crippen molar-refractivity contribution in [1.82, 2.24) is 0 Å². The van der Waals surface area contributed by atoms with Gasteiger partial charge in [0.05, 0.1) is 27.2 Å². The number of ether oxygens (including phenoxy) is 1. The van der Waals surface area contributed by atoms with Crippen molar-refractivity contribution in [2.24, 2.45) is 0 Å². The minimum absolute atomic E-state index is 0.216. The predicted molar refractivity (Wildman–Crippen MR) is 68.5 cm³/mol. The fraction of sp³-hybridized carbons (Fsp3) is 0.923. The van der Waals surface area contributed by atoms with Crippen LogP contribution in [0.4, 0.5) is 0 Å². The zero-order valence-corrected chi connectivity index (χ0v) is 12.1. The Morgan fingerprint density at radius 3 is 2.18 bits per heavy atom. The molecule has 0 heterocycles. The van der Waals surface area contributed by atoms with Crippen LogP contribution in [-0.4, -0.2) is 51.4 Å². The van der Waals surface area contributed by atoms with Crippen molar-refractivity contribution in [2.75, 3.05) is 40.9 Å². The Bertz CT molecular complexity index is 182. The summed E-state index contributed by atoms with van der Waals surface area (Å²) >= 11 is 0. The third-order valence-electron chi connectivity index (χ3n) is 2.74. The normalized spacial score (nSPS) is 10.6. The Morgan fingerprint density at radius 1 is 1.24 bits per heavy atom. The molecule has 17 heavy (non-hydrogen) atoms. The maximum Gasteiger partial charge on any atom is 0.102 e. The number of unbranched alkanes of at least 4 members (excludes halogenated alkanes) is 2. The largest absolute Gasteiger partial charge is 0.550 e. The standard InChI is InChI=1S/C7H18NO.C6H12O2/c1-5-8(2,3)6-7-9-4;1-2-3-4-5-6(7)8/h5-7H2,1-4H3;2-5H2,1H3,(H,7,8)/q+1;/p-1. The lowest BCUT2D eigenvalue weighted by molar-refractivity contribution is -0.888. The van der Waals surface area contributed by atoms with Crippen molar-refractivity contribution in [3.63, 3.8) is 0 Å². The Morgan fingerprint density at radius 2 is 1.82 bits per heavy atom. The van der Waals surface area contributed by atoms with E-state index in [9.17, 15) is 9.90 Å². The topological polar surface area (TPSA) is 49.4 Å². The van der Waals surface area contributed by atoms with Gasteiger partial charge in [-0.05, 0) is 19.8 Å². The molecule has 0 fully saturated rings. The van der Waals surface area contributed by atoms with Crippen LogP contribution in [0.2, 0.25) is 0 Å². The van der Waals surface area contributed by atoms with Crippen LogP contribution in [0, 0.1) is 0 Å². The summed E-state index contributed by atoms with van der Waals surface area (Å²) in [5.74, 6) is -0.932. The maximum atomic E-state index is 9.76. The molecule has 0 radical (unpaired) electrons. The van der Waals surface area contributed by atoms with E-state index in [-0.39, 0.29) is 6.42 Å². The highest BCUT2D eigenvalue weighted by Crippen LogP contribution is 1.96. The van der Waals surface area contributed by atoms with Gasteiger partial charge in [0, 0.05) is 13.1 Å². The quantitative estimate of drug-likeness (QED) is 0.476. The van der Waals surface area contributed by atoms with Gasteiger partial charge in [-0.25, -0.2) is 0 Å². The molecular weight excluding hydrogens is 218 g/mol. The van der Waals surface area contributed by atoms with E-state index in [0.29, 0.717) is 0 Å². The van der Waals surface area contributed by atoms with E-state index in [1.807, 2.05) is 6.92 Å². The molecule has 4 heteroatoms. The van der Waals surface area contributed by atoms with E-state index in [1.54, 1.807) is 7.11 Å². The van der Waals surface area contributed by atoms with Gasteiger partial charge in [0.15, 0.2) is 0 Å². The summed E-state index contributed by atoms with van der Waals surface area (Å²) in [6, 6.07) is 0. The number of carboxylic acids is 1. The van der Waals surface area contributed by atoms with Crippen LogP contribution in [0.3, 0.4) is 0 Å². The van der Waals surface area contributed by atoms with Crippen LogP contribution in [-0.2, 0) is 9.53 Å². The van der Waals surface area contributed by atoms with Gasteiger partial charge >= 0.3 is 0 Å². The van der Waals surface area contributed by atoms with Crippen molar-refractivity contribution < 1.29 is 19.1 Å². The van der Waals surface area contributed by atoms with Crippen molar-refractivity contribution in [2.45, 2.75) is 39.5 Å². The first kappa shape index (κ1) is 18.7. The van der Waals surface area contributed by atoms with Crippen molar-refractivity contribution in [3.05, 3.63) is 0 Å². The predicted octanol–water partition coefficient (Wildman–Crippen LogP) is 1.05. The zero-order chi connectivity index (χ0) is 13.7. The third kappa shape index (κ3) is 18.0. The number of quaternary nitrogens is 1. The van der Waals surface area contributed by atoms with E-state index in [1.165, 1.54) is 6.54 Å². The fourth-order valence-corrected chi connectivity index (χ4v) is 1.02. The monoisotopic (exact) mass is 247 g/mol. The molecule has 0 atom stereocenters. The summed E-state index contributed by atoms with van der Waals surface area (Å²) in [5, 5.41) is 9.76. The van der Waals surface area contributed by atoms with Crippen molar-refractivity contribution in [1.29, 1.82) is 0 Å². The number of nitrogens with zero attached hydrogens (tertiary/aromatic N) is 1. The van der Waals surface area contributed by atoms with E-state index < -0.39 is 5.97 Å². The third-order valence-corrected chi connectivity index (χ3v) is 2.74. The number of carbonyl (C=O) groups is 1. The molecule has 104 valence electrons. The molecular formula is C13H29NO3. The molecule has 4 nitrogen and oxygen atoms in total. The van der Waals surface area contributed by atoms with Gasteiger partial charge in [0.25, 0.3) is 0 Å². The summed E-state index contributed by atoms with van der Waals surface area (Å²) in [7, 11) is 6.16. The number of hydrogen-bond acceptors (Lipinski definition) is 3. The van der Waals surface area contributed by atoms with Crippen LogP contribution < -0.4 is 5.11 Å². The molecule has 0 bridgehead atoms. The minimum atomic E-state index is -0.932. The molecule has 0 rings (SSSR count). The van der Waals surface area contributed by atoms with Gasteiger partial charge in [0.1, 0.15) is 6.54 Å². The SMILES string of the molecule is CCCCCC(=O)[O-].CC[N+](C)(C)CCOC. The molecule has 0 aromatic heterocycles. The lowest BCUT2D eigenvalue weighted by Crippen LogP contribution is -2.41. The van der Waals surface area contributed by atoms with Gasteiger partial charge in [-0.2, -0.15) is 0 Å². The molecule has 0 aromatic rings. The van der Waals surface area contributed by atoms with E-state index in [2.05, 4.69) is 21.0 Å². The van der Waals surface area contributed by atoms with Gasteiger partial charge in [0.2, 0.25) is 0 Å². The van der Waals surface area contributed by atoms with E-state index in [4.69, 9.17) is 4.74 Å². The van der Waals surface area contributed by atoms with Crippen molar-refractivity contribution in [3.8, 4) is 0 Å². The second-order valence-electron chi connectivity index (χ2n) is 4.80. The van der Waals surface area contributed by atoms with E-state index >= 15 is 0 Å². The Labute approximate surface area is 106 Å². The van der Waals surface area contributed by atoms with Gasteiger partial charge in [-0.3, -0.25) is 0 Å². The molecule has 0 aliphatic rings. The van der Waals surface area contributed by atoms with Crippen LogP contribution in [0.1, 0.15) is 39.5 Å². The summed E-state index contributed by atoms with van der Waals surface area (Å²) in [6.07, 6.45) is 3.04. The number of carboxylic acid groups (broad SMARTS) is 1. The highest BCUT2D eigenvalue weighted by atomic mass is 16.5. The Hall–Kier alpha value is -0.610. The molecule has 0 amide bonds. The number of methoxy groups -OCH3 is 1. The van der Waals surface area contributed by atoms with Crippen LogP contribution in [0.5, 0.6) is 0 Å². The van der Waals surface area contributed by atoms with Gasteiger partial charge in [-0.15, -0.1) is 0 Å². The Balaban J connectivity index is 0. The zero-order valence-electron chi connectivity index (χ0n) is 12.1. The molecule has 0 aromatic carbocycles. The lowest BCUT2D eigenvalue weighted by atomic mass is 10.2. The molecule has 0 spiro atoms. The van der Waals surface area contributed by atoms with Crippen molar-refractivity contribution >= 4 is 5.97 Å². The highest BCUT2D eigenvalue weighted by molar-refractivity contribution is 5.63. The second kappa shape index (κ2) is 11.9. The first-order valence-electron chi connectivity index (χ1n) is 6.40. The number of carbonyl (C=O) groups excluding carboxylic acids is 1. The van der Waals surface area contributed by atoms with Gasteiger partial charge < -0.3 is 19.1 Å². The van der Waals surface area contributed by atoms with Crippen LogP contribution >= 0.6 is 0 Å². The second-order valence-corrected chi connectivity index (χ2v) is 4.80. The first-order chi connectivity index (χ1) is 7.89. The highest BCUT2D eigenvalue weighted by Gasteiger charge is 2.09. The number of hydrogen-bond donors (Lipinski definition) is 0. The fourth-order valence-electron chi connectivity index (χ4n) is 1.02. The minimum Gasteiger partial charge on any atom is -0.550 e. The Kier molecular flexibility index (Phi) is 13.1. The number of likely N-dealkylation sites (N-methyl/N-ethyl adjacent to an activating group) is 1. The molecule has 0 aliphatic heterocycles. The molecule has 0 saturated heterocycles. The summed E-state index contributed by atoms with van der Waals surface area (Å²) < 4.78 is 6.01. The summed E-state index contributed by atoms with van der Waals surface area (Å²) in [4.78, 5) is 9.76. The lowest BCUT2D eigenvalue weighted by Gasteiger charge is -2.27. The van der Waals surface area contributed by atoms with Crippen LogP contribution in [0.15, 0.2) is 0 Å². The van der Waals surface area contributed by atoms with Crippen LogP contribution in [0.25, 0.3) is 0 Å². The maximum absolute atomic E-state index is 9.76. The smallest absolute Gasteiger partial charge is 0.102 e. The average molecular weight is 247 g/mol. The number of aliphatic carboxylic acids is 1.